The minimum Gasteiger partial charge on any atom is -0.505 e. The summed E-state index contributed by atoms with van der Waals surface area (Å²) in [5.41, 5.74) is 2.07. The van der Waals surface area contributed by atoms with Gasteiger partial charge in [0.2, 0.25) is 0 Å². The molecule has 3 nitrogen and oxygen atoms in total. The molecule has 0 unspecified atom stereocenters. The van der Waals surface area contributed by atoms with E-state index in [1.54, 1.807) is 6.07 Å². The molecule has 2 rings (SSSR count). The first-order valence-corrected chi connectivity index (χ1v) is 4.80. The first-order chi connectivity index (χ1) is 5.77. The van der Waals surface area contributed by atoms with Gasteiger partial charge >= 0.3 is 0 Å². The van der Waals surface area contributed by atoms with E-state index < -0.39 is 0 Å². The molecule has 0 amide bonds. The van der Waals surface area contributed by atoms with Gasteiger partial charge in [0.1, 0.15) is 9.45 Å². The van der Waals surface area contributed by atoms with E-state index in [1.807, 2.05) is 22.6 Å². The van der Waals surface area contributed by atoms with Crippen LogP contribution >= 0.6 is 22.6 Å². The quantitative estimate of drug-likeness (QED) is 0.576. The average Bonchev–Trinajstić information content (AvgIpc) is 2.07. The van der Waals surface area contributed by atoms with Crippen LogP contribution in [0.2, 0.25) is 0 Å². The summed E-state index contributed by atoms with van der Waals surface area (Å²) >= 11 is 2.03. The predicted octanol–water partition coefficient (Wildman–Crippen LogP) is 1.46. The van der Waals surface area contributed by atoms with Crippen LogP contribution in [-0.2, 0) is 17.8 Å². The summed E-state index contributed by atoms with van der Waals surface area (Å²) in [6, 6.07) is 1.74. The molecule has 0 aliphatic carbocycles. The molecule has 1 aromatic heterocycles. The SMILES string of the molecule is Oc1cc2c(nc1I)CCOC2. The minimum absolute atomic E-state index is 0.250. The topological polar surface area (TPSA) is 42.4 Å². The smallest absolute Gasteiger partial charge is 0.147 e. The van der Waals surface area contributed by atoms with E-state index in [9.17, 15) is 5.11 Å². The molecule has 0 saturated heterocycles. The predicted molar refractivity (Wildman–Crippen MR) is 52.0 cm³/mol. The molecule has 12 heavy (non-hydrogen) atoms. The van der Waals surface area contributed by atoms with Gasteiger partial charge < -0.3 is 9.84 Å². The Morgan fingerprint density at radius 1 is 1.58 bits per heavy atom. The molecule has 1 N–H and O–H groups in total. The normalized spacial score (nSPS) is 15.8. The number of fused-ring (bicyclic) bond motifs is 1. The van der Waals surface area contributed by atoms with Gasteiger partial charge in [-0.3, -0.25) is 0 Å². The van der Waals surface area contributed by atoms with Gasteiger partial charge in [-0.05, 0) is 28.7 Å². The number of aromatic hydroxyl groups is 1. The minimum atomic E-state index is 0.250. The lowest BCUT2D eigenvalue weighted by atomic mass is 10.1. The van der Waals surface area contributed by atoms with Crippen molar-refractivity contribution >= 4 is 22.6 Å². The monoisotopic (exact) mass is 277 g/mol. The second kappa shape index (κ2) is 3.18. The van der Waals surface area contributed by atoms with Gasteiger partial charge in [-0.15, -0.1) is 0 Å². The third-order valence-electron chi connectivity index (χ3n) is 1.87. The largest absolute Gasteiger partial charge is 0.505 e. The Morgan fingerprint density at radius 2 is 2.42 bits per heavy atom. The molecule has 0 fully saturated rings. The number of rotatable bonds is 0. The first kappa shape index (κ1) is 8.25. The maximum atomic E-state index is 9.35. The highest BCUT2D eigenvalue weighted by atomic mass is 127. The molecular weight excluding hydrogens is 269 g/mol. The Hall–Kier alpha value is -0.360. The molecule has 0 atom stereocenters. The lowest BCUT2D eigenvalue weighted by molar-refractivity contribution is 0.109. The summed E-state index contributed by atoms with van der Waals surface area (Å²) in [5, 5.41) is 9.35. The van der Waals surface area contributed by atoms with E-state index in [4.69, 9.17) is 4.74 Å². The molecule has 4 heteroatoms. The van der Waals surface area contributed by atoms with Crippen LogP contribution in [0.5, 0.6) is 5.75 Å². The Bertz CT molecular complexity index is 283. The molecule has 1 aromatic rings. The number of aromatic nitrogens is 1. The van der Waals surface area contributed by atoms with Crippen molar-refractivity contribution in [1.29, 1.82) is 0 Å². The number of hydrogen-bond acceptors (Lipinski definition) is 3. The Morgan fingerprint density at radius 3 is 3.25 bits per heavy atom. The van der Waals surface area contributed by atoms with Crippen LogP contribution in [0.15, 0.2) is 6.07 Å². The van der Waals surface area contributed by atoms with Crippen molar-refractivity contribution in [2.45, 2.75) is 13.0 Å². The number of nitrogens with zero attached hydrogens (tertiary/aromatic N) is 1. The van der Waals surface area contributed by atoms with Crippen molar-refractivity contribution < 1.29 is 9.84 Å². The van der Waals surface area contributed by atoms with Gasteiger partial charge in [0.15, 0.2) is 0 Å². The molecule has 2 heterocycles. The van der Waals surface area contributed by atoms with Crippen LogP contribution in [0.1, 0.15) is 11.3 Å². The molecule has 1 aliphatic rings. The summed E-state index contributed by atoms with van der Waals surface area (Å²) in [6.07, 6.45) is 0.853. The number of hydrogen-bond donors (Lipinski definition) is 1. The third kappa shape index (κ3) is 1.40. The highest BCUT2D eigenvalue weighted by Crippen LogP contribution is 2.23. The average molecular weight is 277 g/mol. The van der Waals surface area contributed by atoms with Gasteiger partial charge in [-0.2, -0.15) is 0 Å². The summed E-state index contributed by atoms with van der Waals surface area (Å²) in [4.78, 5) is 4.27. The zero-order valence-electron chi connectivity index (χ0n) is 6.38. The van der Waals surface area contributed by atoms with E-state index in [0.29, 0.717) is 10.3 Å². The maximum Gasteiger partial charge on any atom is 0.147 e. The molecule has 64 valence electrons. The number of ether oxygens (including phenoxy) is 1. The summed E-state index contributed by atoms with van der Waals surface area (Å²) in [5.74, 6) is 0.250. The highest BCUT2D eigenvalue weighted by Gasteiger charge is 2.13. The van der Waals surface area contributed by atoms with Crippen molar-refractivity contribution in [3.05, 3.63) is 21.0 Å². The Labute approximate surface area is 83.9 Å². The van der Waals surface area contributed by atoms with Crippen LogP contribution < -0.4 is 0 Å². The van der Waals surface area contributed by atoms with Crippen LogP contribution in [0.25, 0.3) is 0 Å². The van der Waals surface area contributed by atoms with E-state index >= 15 is 0 Å². The molecule has 1 aliphatic heterocycles. The zero-order chi connectivity index (χ0) is 8.55. The van der Waals surface area contributed by atoms with Gasteiger partial charge in [0.25, 0.3) is 0 Å². The molecule has 0 spiro atoms. The lowest BCUT2D eigenvalue weighted by Gasteiger charge is -2.15. The van der Waals surface area contributed by atoms with Gasteiger partial charge in [-0.25, -0.2) is 4.98 Å². The van der Waals surface area contributed by atoms with Crippen molar-refractivity contribution in [3.8, 4) is 5.75 Å². The zero-order valence-corrected chi connectivity index (χ0v) is 8.54. The van der Waals surface area contributed by atoms with Crippen molar-refractivity contribution in [2.75, 3.05) is 6.61 Å². The molecular formula is C8H8INO2. The molecule has 0 radical (unpaired) electrons. The fraction of sp³-hybridized carbons (Fsp3) is 0.375. The lowest BCUT2D eigenvalue weighted by Crippen LogP contribution is -2.12. The van der Waals surface area contributed by atoms with E-state index in [0.717, 1.165) is 24.3 Å². The second-order valence-electron chi connectivity index (χ2n) is 2.71. The van der Waals surface area contributed by atoms with E-state index in [1.165, 1.54) is 0 Å². The van der Waals surface area contributed by atoms with Gasteiger partial charge in [0.05, 0.1) is 13.2 Å². The summed E-state index contributed by atoms with van der Waals surface area (Å²) in [7, 11) is 0. The number of halogens is 1. The van der Waals surface area contributed by atoms with Crippen molar-refractivity contribution in [3.63, 3.8) is 0 Å². The van der Waals surface area contributed by atoms with Crippen LogP contribution in [0.4, 0.5) is 0 Å². The number of pyridine rings is 1. The molecule has 0 aromatic carbocycles. The Kier molecular flexibility index (Phi) is 2.18. The van der Waals surface area contributed by atoms with Crippen molar-refractivity contribution in [1.82, 2.24) is 4.98 Å². The van der Waals surface area contributed by atoms with Crippen LogP contribution in [0, 0.1) is 3.70 Å². The van der Waals surface area contributed by atoms with Gasteiger partial charge in [0, 0.05) is 17.7 Å². The van der Waals surface area contributed by atoms with Crippen LogP contribution in [0.3, 0.4) is 0 Å². The standard InChI is InChI=1S/C8H8INO2/c9-8-7(11)3-5-4-12-2-1-6(5)10-8/h3,11H,1-2,4H2. The van der Waals surface area contributed by atoms with Crippen molar-refractivity contribution in [2.24, 2.45) is 0 Å². The highest BCUT2D eigenvalue weighted by molar-refractivity contribution is 14.1. The second-order valence-corrected chi connectivity index (χ2v) is 3.73. The van der Waals surface area contributed by atoms with Crippen LogP contribution in [-0.4, -0.2) is 16.7 Å². The molecule has 0 saturated carbocycles. The summed E-state index contributed by atoms with van der Waals surface area (Å²) in [6.45, 7) is 1.31. The molecule has 0 bridgehead atoms. The first-order valence-electron chi connectivity index (χ1n) is 3.72. The summed E-state index contributed by atoms with van der Waals surface area (Å²) < 4.78 is 5.91. The maximum absolute atomic E-state index is 9.35. The Balaban J connectivity index is 2.49. The fourth-order valence-corrected chi connectivity index (χ4v) is 1.69. The van der Waals surface area contributed by atoms with Gasteiger partial charge in [-0.1, -0.05) is 0 Å². The van der Waals surface area contributed by atoms with E-state index in [2.05, 4.69) is 4.98 Å². The van der Waals surface area contributed by atoms with E-state index in [-0.39, 0.29) is 5.75 Å². The third-order valence-corrected chi connectivity index (χ3v) is 2.66. The fourth-order valence-electron chi connectivity index (χ4n) is 1.25.